The van der Waals surface area contributed by atoms with E-state index >= 15 is 0 Å². The summed E-state index contributed by atoms with van der Waals surface area (Å²) in [7, 11) is 0. The van der Waals surface area contributed by atoms with Gasteiger partial charge >= 0.3 is 5.97 Å². The van der Waals surface area contributed by atoms with Gasteiger partial charge in [0.15, 0.2) is 0 Å². The molecule has 17 heavy (non-hydrogen) atoms. The average molecular weight is 236 g/mol. The van der Waals surface area contributed by atoms with E-state index in [4.69, 9.17) is 9.47 Å². The van der Waals surface area contributed by atoms with E-state index in [9.17, 15) is 4.79 Å². The van der Waals surface area contributed by atoms with E-state index in [-0.39, 0.29) is 0 Å². The maximum Gasteiger partial charge on any atom is 0.384 e. The minimum atomic E-state index is -0.458. The van der Waals surface area contributed by atoms with Crippen LogP contribution in [0.1, 0.15) is 46.5 Å². The molecule has 2 aliphatic rings. The van der Waals surface area contributed by atoms with Gasteiger partial charge in [0.25, 0.3) is 0 Å². The van der Waals surface area contributed by atoms with Crippen LogP contribution in [0.25, 0.3) is 0 Å². The summed E-state index contributed by atoms with van der Waals surface area (Å²) in [6.45, 7) is 5.55. The zero-order valence-electron chi connectivity index (χ0n) is 10.8. The van der Waals surface area contributed by atoms with Gasteiger partial charge < -0.3 is 9.47 Å². The van der Waals surface area contributed by atoms with Crippen molar-refractivity contribution in [3.05, 3.63) is 0 Å². The summed E-state index contributed by atoms with van der Waals surface area (Å²) in [5.41, 5.74) is -0.458. The molecule has 94 valence electrons. The van der Waals surface area contributed by atoms with Crippen molar-refractivity contribution in [1.82, 2.24) is 0 Å². The molecule has 0 N–H and O–H groups in total. The summed E-state index contributed by atoms with van der Waals surface area (Å²) in [6, 6.07) is 0. The van der Waals surface area contributed by atoms with Crippen LogP contribution in [0, 0.1) is 17.8 Å². The fourth-order valence-corrected chi connectivity index (χ4v) is 2.44. The van der Waals surface area contributed by atoms with Crippen LogP contribution < -0.4 is 0 Å². The van der Waals surface area contributed by atoms with E-state index in [1.807, 2.05) is 20.8 Å². The molecule has 2 saturated heterocycles. The van der Waals surface area contributed by atoms with Crippen molar-refractivity contribution < 1.29 is 14.3 Å². The molecule has 3 heteroatoms. The summed E-state index contributed by atoms with van der Waals surface area (Å²) >= 11 is 0. The van der Waals surface area contributed by atoms with Gasteiger partial charge in [-0.1, -0.05) is 5.92 Å². The lowest BCUT2D eigenvalue weighted by atomic mass is 9.96. The highest BCUT2D eigenvalue weighted by Crippen LogP contribution is 2.35. The van der Waals surface area contributed by atoms with Crippen LogP contribution in [0.15, 0.2) is 0 Å². The maximum absolute atomic E-state index is 11.5. The Hall–Kier alpha value is -1.01. The number of fused-ring (bicyclic) bond motifs is 2. The van der Waals surface area contributed by atoms with Crippen LogP contribution in [0.5, 0.6) is 0 Å². The lowest BCUT2D eigenvalue weighted by molar-refractivity contribution is -0.147. The first kappa shape index (κ1) is 12.4. The average Bonchev–Trinajstić information content (AvgIpc) is 2.53. The Bertz CT molecular complexity index is 344. The third-order valence-corrected chi connectivity index (χ3v) is 3.07. The van der Waals surface area contributed by atoms with Gasteiger partial charge in [-0.15, -0.1) is 0 Å². The largest absolute Gasteiger partial charge is 0.450 e. The van der Waals surface area contributed by atoms with E-state index in [2.05, 4.69) is 11.8 Å². The second-order valence-corrected chi connectivity index (χ2v) is 5.90. The van der Waals surface area contributed by atoms with Crippen LogP contribution in [0.3, 0.4) is 0 Å². The molecule has 0 saturated carbocycles. The fraction of sp³-hybridized carbons (Fsp3) is 0.786. The van der Waals surface area contributed by atoms with Crippen molar-refractivity contribution in [3.8, 4) is 11.8 Å². The summed E-state index contributed by atoms with van der Waals surface area (Å²) < 4.78 is 10.9. The molecule has 0 aromatic heterocycles. The predicted molar refractivity (Wildman–Crippen MR) is 64.2 cm³/mol. The molecule has 2 heterocycles. The monoisotopic (exact) mass is 236 g/mol. The molecule has 2 rings (SSSR count). The molecular formula is C14H20O3. The zero-order valence-corrected chi connectivity index (χ0v) is 10.8. The molecule has 0 aliphatic carbocycles. The van der Waals surface area contributed by atoms with Gasteiger partial charge in [0.2, 0.25) is 0 Å². The van der Waals surface area contributed by atoms with E-state index in [1.165, 1.54) is 0 Å². The first-order chi connectivity index (χ1) is 7.92. The number of rotatable bonds is 0. The Morgan fingerprint density at radius 2 is 1.82 bits per heavy atom. The number of hydrogen-bond acceptors (Lipinski definition) is 3. The zero-order chi connectivity index (χ0) is 12.5. The quantitative estimate of drug-likeness (QED) is 0.368. The second-order valence-electron chi connectivity index (χ2n) is 5.90. The highest BCUT2D eigenvalue weighted by molar-refractivity contribution is 5.88. The van der Waals surface area contributed by atoms with Crippen molar-refractivity contribution >= 4 is 5.97 Å². The Labute approximate surface area is 103 Å². The Morgan fingerprint density at radius 3 is 2.35 bits per heavy atom. The van der Waals surface area contributed by atoms with Gasteiger partial charge in [0.1, 0.15) is 5.60 Å². The molecular weight excluding hydrogens is 216 g/mol. The van der Waals surface area contributed by atoms with Crippen LogP contribution in [0.2, 0.25) is 0 Å². The highest BCUT2D eigenvalue weighted by Gasteiger charge is 2.34. The molecule has 0 amide bonds. The smallest absolute Gasteiger partial charge is 0.384 e. The first-order valence-corrected chi connectivity index (χ1v) is 6.32. The SMILES string of the molecule is CC(C)(C)OC(=O)C#CC1CC2CCC(C1)O2. The summed E-state index contributed by atoms with van der Waals surface area (Å²) in [4.78, 5) is 11.5. The minimum absolute atomic E-state index is 0.300. The number of carbonyl (C=O) groups is 1. The molecule has 2 bridgehead atoms. The van der Waals surface area contributed by atoms with E-state index in [0.29, 0.717) is 18.1 Å². The Kier molecular flexibility index (Phi) is 3.44. The van der Waals surface area contributed by atoms with Crippen molar-refractivity contribution in [2.75, 3.05) is 0 Å². The summed E-state index contributed by atoms with van der Waals surface area (Å²) in [5, 5.41) is 0. The van der Waals surface area contributed by atoms with E-state index < -0.39 is 11.6 Å². The van der Waals surface area contributed by atoms with Crippen LogP contribution in [-0.4, -0.2) is 23.8 Å². The molecule has 0 aromatic rings. The van der Waals surface area contributed by atoms with Gasteiger partial charge in [-0.3, -0.25) is 0 Å². The number of esters is 1. The van der Waals surface area contributed by atoms with Gasteiger partial charge in [-0.2, -0.15) is 0 Å². The number of hydrogen-bond donors (Lipinski definition) is 0. The molecule has 2 aliphatic heterocycles. The lowest BCUT2D eigenvalue weighted by Crippen LogP contribution is -2.25. The second kappa shape index (κ2) is 4.70. The van der Waals surface area contributed by atoms with E-state index in [0.717, 1.165) is 25.7 Å². The normalized spacial score (nSPS) is 31.6. The molecule has 2 atom stereocenters. The van der Waals surface area contributed by atoms with Gasteiger partial charge in [0, 0.05) is 11.8 Å². The molecule has 0 radical (unpaired) electrons. The lowest BCUT2D eigenvalue weighted by Gasteiger charge is -2.24. The van der Waals surface area contributed by atoms with Crippen molar-refractivity contribution in [1.29, 1.82) is 0 Å². The third-order valence-electron chi connectivity index (χ3n) is 3.07. The number of carbonyl (C=O) groups excluding carboxylic acids is 1. The van der Waals surface area contributed by atoms with Crippen LogP contribution >= 0.6 is 0 Å². The highest BCUT2D eigenvalue weighted by atomic mass is 16.6. The molecule has 3 nitrogen and oxygen atoms in total. The summed E-state index contributed by atoms with van der Waals surface area (Å²) in [5.74, 6) is 5.53. The Balaban J connectivity index is 1.87. The van der Waals surface area contributed by atoms with Crippen LogP contribution in [0.4, 0.5) is 0 Å². The van der Waals surface area contributed by atoms with Crippen molar-refractivity contribution in [2.24, 2.45) is 5.92 Å². The third kappa shape index (κ3) is 3.74. The molecule has 2 fully saturated rings. The topological polar surface area (TPSA) is 35.5 Å². The van der Waals surface area contributed by atoms with Gasteiger partial charge in [-0.05, 0) is 46.5 Å². The van der Waals surface area contributed by atoms with Crippen LogP contribution in [-0.2, 0) is 14.3 Å². The maximum atomic E-state index is 11.5. The van der Waals surface area contributed by atoms with Gasteiger partial charge in [-0.25, -0.2) is 4.79 Å². The fourth-order valence-electron chi connectivity index (χ4n) is 2.44. The predicted octanol–water partition coefficient (Wildman–Crippen LogP) is 2.29. The van der Waals surface area contributed by atoms with Crippen molar-refractivity contribution in [2.45, 2.75) is 64.3 Å². The molecule has 0 spiro atoms. The first-order valence-electron chi connectivity index (χ1n) is 6.32. The van der Waals surface area contributed by atoms with Crippen molar-refractivity contribution in [3.63, 3.8) is 0 Å². The Morgan fingerprint density at radius 1 is 1.24 bits per heavy atom. The molecule has 0 aromatic carbocycles. The minimum Gasteiger partial charge on any atom is -0.450 e. The van der Waals surface area contributed by atoms with E-state index in [1.54, 1.807) is 0 Å². The standard InChI is InChI=1S/C14H20O3/c1-14(2,3)17-13(15)7-4-10-8-11-5-6-12(9-10)16-11/h10-12H,5-6,8-9H2,1-3H3. The molecule has 2 unspecified atom stereocenters. The van der Waals surface area contributed by atoms with Gasteiger partial charge in [0.05, 0.1) is 12.2 Å². The number of ether oxygens (including phenoxy) is 2. The summed E-state index contributed by atoms with van der Waals surface area (Å²) in [6.07, 6.45) is 4.96.